The summed E-state index contributed by atoms with van der Waals surface area (Å²) in [6.07, 6.45) is -2.86. The summed E-state index contributed by atoms with van der Waals surface area (Å²) in [5.41, 5.74) is -1.05. The molecule has 0 aliphatic carbocycles. The Bertz CT molecular complexity index is 565. The van der Waals surface area contributed by atoms with Crippen molar-refractivity contribution in [2.24, 2.45) is 0 Å². The van der Waals surface area contributed by atoms with Gasteiger partial charge in [0.15, 0.2) is 0 Å². The highest BCUT2D eigenvalue weighted by Crippen LogP contribution is 2.37. The Labute approximate surface area is 112 Å². The molecule has 0 aliphatic rings. The van der Waals surface area contributed by atoms with Gasteiger partial charge in [0, 0.05) is 27.7 Å². The number of alkyl halides is 3. The molecule has 2 rings (SSSR count). The van der Waals surface area contributed by atoms with Crippen molar-refractivity contribution in [1.29, 1.82) is 0 Å². The highest BCUT2D eigenvalue weighted by molar-refractivity contribution is 7.12. The van der Waals surface area contributed by atoms with Crippen molar-refractivity contribution in [1.82, 2.24) is 4.98 Å². The standard InChI is InChI=1S/C13H12F3NOS/c1-2-8-3-4-11(19-8)12(18)9-7-17-6-5-10(9)13(14,15)16/h3-7,12,18H,2H2,1H3. The van der Waals surface area contributed by atoms with Crippen LogP contribution in [0.15, 0.2) is 30.6 Å². The Kier molecular flexibility index (Phi) is 3.91. The SMILES string of the molecule is CCc1ccc(C(O)c2cnccc2C(F)(F)F)s1. The van der Waals surface area contributed by atoms with Gasteiger partial charge in [-0.15, -0.1) is 11.3 Å². The molecule has 1 unspecified atom stereocenters. The third kappa shape index (κ3) is 2.96. The van der Waals surface area contributed by atoms with Crippen LogP contribution in [0.4, 0.5) is 13.2 Å². The largest absolute Gasteiger partial charge is 0.416 e. The van der Waals surface area contributed by atoms with E-state index in [1.165, 1.54) is 11.3 Å². The van der Waals surface area contributed by atoms with Crippen LogP contribution in [0.25, 0.3) is 0 Å². The van der Waals surface area contributed by atoms with Crippen LogP contribution in [0, 0.1) is 0 Å². The predicted octanol–water partition coefficient (Wildman–Crippen LogP) is 3.81. The zero-order valence-corrected chi connectivity index (χ0v) is 10.9. The van der Waals surface area contributed by atoms with Gasteiger partial charge in [0.05, 0.1) is 5.56 Å². The van der Waals surface area contributed by atoms with Crippen LogP contribution in [0.3, 0.4) is 0 Å². The molecular formula is C13H12F3NOS. The van der Waals surface area contributed by atoms with Crippen molar-refractivity contribution in [2.75, 3.05) is 0 Å². The fourth-order valence-corrected chi connectivity index (χ4v) is 2.73. The van der Waals surface area contributed by atoms with Crippen molar-refractivity contribution in [3.8, 4) is 0 Å². The first-order chi connectivity index (χ1) is 8.93. The Hall–Kier alpha value is -1.40. The summed E-state index contributed by atoms with van der Waals surface area (Å²) in [4.78, 5) is 5.19. The van der Waals surface area contributed by atoms with Crippen molar-refractivity contribution >= 4 is 11.3 Å². The topological polar surface area (TPSA) is 33.1 Å². The highest BCUT2D eigenvalue weighted by Gasteiger charge is 2.35. The molecule has 2 aromatic rings. The van der Waals surface area contributed by atoms with E-state index >= 15 is 0 Å². The van der Waals surface area contributed by atoms with Gasteiger partial charge in [-0.05, 0) is 24.6 Å². The third-order valence-corrected chi connectivity index (χ3v) is 4.03. The second kappa shape index (κ2) is 5.30. The molecule has 0 aliphatic heterocycles. The number of hydrogen-bond acceptors (Lipinski definition) is 3. The molecule has 19 heavy (non-hydrogen) atoms. The molecule has 2 nitrogen and oxygen atoms in total. The molecule has 0 saturated heterocycles. The summed E-state index contributed by atoms with van der Waals surface area (Å²) in [5.74, 6) is 0. The molecule has 0 saturated carbocycles. The molecule has 1 atom stereocenters. The zero-order valence-electron chi connectivity index (χ0n) is 10.1. The van der Waals surface area contributed by atoms with Gasteiger partial charge in [-0.2, -0.15) is 13.2 Å². The molecule has 0 bridgehead atoms. The number of hydrogen-bond donors (Lipinski definition) is 1. The fraction of sp³-hybridized carbons (Fsp3) is 0.308. The van der Waals surface area contributed by atoms with Gasteiger partial charge in [0.1, 0.15) is 6.10 Å². The van der Waals surface area contributed by atoms with Gasteiger partial charge in [-0.3, -0.25) is 4.98 Å². The maximum absolute atomic E-state index is 12.9. The minimum Gasteiger partial charge on any atom is -0.383 e. The molecular weight excluding hydrogens is 275 g/mol. The van der Waals surface area contributed by atoms with E-state index in [0.717, 1.165) is 29.8 Å². The summed E-state index contributed by atoms with van der Waals surface area (Å²) in [6, 6.07) is 4.35. The first-order valence-corrected chi connectivity index (χ1v) is 6.53. The van der Waals surface area contributed by atoms with Crippen molar-refractivity contribution < 1.29 is 18.3 Å². The van der Waals surface area contributed by atoms with E-state index in [9.17, 15) is 18.3 Å². The normalized spacial score (nSPS) is 13.5. The summed E-state index contributed by atoms with van der Waals surface area (Å²) >= 11 is 1.31. The van der Waals surface area contributed by atoms with Crippen LogP contribution in [0.1, 0.15) is 33.9 Å². The average molecular weight is 287 g/mol. The second-order valence-electron chi connectivity index (χ2n) is 4.02. The van der Waals surface area contributed by atoms with Crippen LogP contribution in [0.5, 0.6) is 0 Å². The lowest BCUT2D eigenvalue weighted by atomic mass is 10.0. The van der Waals surface area contributed by atoms with Gasteiger partial charge >= 0.3 is 6.18 Å². The molecule has 102 valence electrons. The smallest absolute Gasteiger partial charge is 0.383 e. The maximum atomic E-state index is 12.9. The molecule has 0 fully saturated rings. The Morgan fingerprint density at radius 3 is 2.63 bits per heavy atom. The van der Waals surface area contributed by atoms with Crippen LogP contribution >= 0.6 is 11.3 Å². The van der Waals surface area contributed by atoms with Gasteiger partial charge in [0.25, 0.3) is 0 Å². The summed E-state index contributed by atoms with van der Waals surface area (Å²) < 4.78 is 38.6. The number of halogens is 3. The van der Waals surface area contributed by atoms with Crippen molar-refractivity contribution in [3.63, 3.8) is 0 Å². The van der Waals surface area contributed by atoms with Crippen LogP contribution < -0.4 is 0 Å². The van der Waals surface area contributed by atoms with E-state index < -0.39 is 17.8 Å². The molecule has 0 amide bonds. The molecule has 1 N–H and O–H groups in total. The van der Waals surface area contributed by atoms with Crippen molar-refractivity contribution in [3.05, 3.63) is 51.5 Å². The van der Waals surface area contributed by atoms with E-state index in [0.29, 0.717) is 4.88 Å². The lowest BCUT2D eigenvalue weighted by molar-refractivity contribution is -0.139. The molecule has 2 heterocycles. The number of pyridine rings is 1. The molecule has 0 radical (unpaired) electrons. The quantitative estimate of drug-likeness (QED) is 0.931. The van der Waals surface area contributed by atoms with Crippen LogP contribution in [-0.4, -0.2) is 10.1 Å². The number of rotatable bonds is 3. The Balaban J connectivity index is 2.41. The lowest BCUT2D eigenvalue weighted by Gasteiger charge is -2.15. The first kappa shape index (κ1) is 14.0. The van der Waals surface area contributed by atoms with E-state index in [1.807, 2.05) is 13.0 Å². The minimum atomic E-state index is -4.50. The number of nitrogens with zero attached hydrogens (tertiary/aromatic N) is 1. The minimum absolute atomic E-state index is 0.209. The van der Waals surface area contributed by atoms with Gasteiger partial charge in [-0.1, -0.05) is 6.92 Å². The van der Waals surface area contributed by atoms with E-state index in [2.05, 4.69) is 4.98 Å². The van der Waals surface area contributed by atoms with Gasteiger partial charge in [-0.25, -0.2) is 0 Å². The fourth-order valence-electron chi connectivity index (χ4n) is 1.77. The number of aliphatic hydroxyl groups excluding tert-OH is 1. The van der Waals surface area contributed by atoms with Crippen LogP contribution in [-0.2, 0) is 12.6 Å². The maximum Gasteiger partial charge on any atom is 0.416 e. The number of thiophene rings is 1. The average Bonchev–Trinajstić information content (AvgIpc) is 2.85. The Morgan fingerprint density at radius 1 is 1.32 bits per heavy atom. The summed E-state index contributed by atoms with van der Waals surface area (Å²) in [7, 11) is 0. The van der Waals surface area contributed by atoms with E-state index in [1.54, 1.807) is 6.07 Å². The number of aliphatic hydroxyl groups is 1. The first-order valence-electron chi connectivity index (χ1n) is 5.71. The summed E-state index contributed by atoms with van der Waals surface area (Å²) in [6.45, 7) is 1.95. The molecule has 2 aromatic heterocycles. The summed E-state index contributed by atoms with van der Waals surface area (Å²) in [5, 5.41) is 10.1. The van der Waals surface area contributed by atoms with Gasteiger partial charge in [0.2, 0.25) is 0 Å². The third-order valence-electron chi connectivity index (χ3n) is 2.75. The monoisotopic (exact) mass is 287 g/mol. The number of aryl methyl sites for hydroxylation is 1. The Morgan fingerprint density at radius 2 is 2.05 bits per heavy atom. The molecule has 0 spiro atoms. The zero-order chi connectivity index (χ0) is 14.0. The second-order valence-corrected chi connectivity index (χ2v) is 5.22. The van der Waals surface area contributed by atoms with Crippen molar-refractivity contribution in [2.45, 2.75) is 25.6 Å². The predicted molar refractivity (Wildman–Crippen MR) is 67.0 cm³/mol. The van der Waals surface area contributed by atoms with E-state index in [4.69, 9.17) is 0 Å². The molecule has 0 aromatic carbocycles. The lowest BCUT2D eigenvalue weighted by Crippen LogP contribution is -2.12. The van der Waals surface area contributed by atoms with Gasteiger partial charge < -0.3 is 5.11 Å². The highest BCUT2D eigenvalue weighted by atomic mass is 32.1. The van der Waals surface area contributed by atoms with E-state index in [-0.39, 0.29) is 5.56 Å². The number of aromatic nitrogens is 1. The molecule has 6 heteroatoms. The van der Waals surface area contributed by atoms with Crippen LogP contribution in [0.2, 0.25) is 0 Å².